The predicted octanol–water partition coefficient (Wildman–Crippen LogP) is 4.48. The molecule has 3 rings (SSSR count). The minimum Gasteiger partial charge on any atom is -0.320 e. The van der Waals surface area contributed by atoms with E-state index >= 15 is 0 Å². The molecule has 0 bridgehead atoms. The van der Waals surface area contributed by atoms with Crippen molar-refractivity contribution in [1.82, 2.24) is 0 Å². The molecule has 0 saturated heterocycles. The number of halogens is 1. The van der Waals surface area contributed by atoms with Gasteiger partial charge in [-0.2, -0.15) is 0 Å². The van der Waals surface area contributed by atoms with Gasteiger partial charge in [0.25, 0.3) is 15.9 Å². The van der Waals surface area contributed by atoms with E-state index in [-0.39, 0.29) is 9.77 Å². The van der Waals surface area contributed by atoms with E-state index in [1.807, 2.05) is 6.07 Å². The van der Waals surface area contributed by atoms with Crippen molar-refractivity contribution in [2.24, 2.45) is 0 Å². The van der Waals surface area contributed by atoms with Crippen LogP contribution in [0.1, 0.15) is 9.67 Å². The maximum absolute atomic E-state index is 12.8. The number of nitrogens with zero attached hydrogens (tertiary/aromatic N) is 1. The highest BCUT2D eigenvalue weighted by molar-refractivity contribution is 7.93. The summed E-state index contributed by atoms with van der Waals surface area (Å²) in [6, 6.07) is 17.0. The van der Waals surface area contributed by atoms with E-state index in [0.29, 0.717) is 16.4 Å². The fraction of sp³-hybridized carbons (Fsp3) is 0.0556. The third-order valence-electron chi connectivity index (χ3n) is 3.70. The summed E-state index contributed by atoms with van der Waals surface area (Å²) in [5, 5.41) is 4.55. The molecule has 0 aliphatic heterocycles. The van der Waals surface area contributed by atoms with Crippen LogP contribution in [0.3, 0.4) is 0 Å². The molecule has 26 heavy (non-hydrogen) atoms. The molecule has 0 aliphatic rings. The first-order valence-corrected chi connectivity index (χ1v) is 10.3. The van der Waals surface area contributed by atoms with E-state index < -0.39 is 15.9 Å². The van der Waals surface area contributed by atoms with Crippen molar-refractivity contribution in [2.45, 2.75) is 4.90 Å². The van der Waals surface area contributed by atoms with Crippen LogP contribution in [0.15, 0.2) is 70.9 Å². The monoisotopic (exact) mass is 406 g/mol. The van der Waals surface area contributed by atoms with E-state index in [9.17, 15) is 13.2 Å². The van der Waals surface area contributed by atoms with Crippen LogP contribution in [0.25, 0.3) is 0 Å². The predicted molar refractivity (Wildman–Crippen MR) is 106 cm³/mol. The fourth-order valence-corrected chi connectivity index (χ4v) is 4.79. The summed E-state index contributed by atoms with van der Waals surface area (Å²) in [4.78, 5) is 12.7. The van der Waals surface area contributed by atoms with E-state index in [1.165, 1.54) is 22.8 Å². The molecule has 1 heterocycles. The highest BCUT2D eigenvalue weighted by atomic mass is 35.5. The molecule has 5 nitrogen and oxygen atoms in total. The molecule has 0 spiro atoms. The van der Waals surface area contributed by atoms with Crippen LogP contribution < -0.4 is 9.62 Å². The molecule has 0 aliphatic carbocycles. The molecule has 1 amide bonds. The molecule has 2 aromatic carbocycles. The highest BCUT2D eigenvalue weighted by Crippen LogP contribution is 2.27. The number of carbonyl (C=O) groups is 1. The minimum atomic E-state index is -3.75. The summed E-state index contributed by atoms with van der Waals surface area (Å²) in [6.07, 6.45) is 0. The van der Waals surface area contributed by atoms with Crippen LogP contribution in [0.2, 0.25) is 5.02 Å². The Kier molecular flexibility index (Phi) is 5.31. The molecule has 0 fully saturated rings. The van der Waals surface area contributed by atoms with E-state index in [1.54, 1.807) is 48.5 Å². The molecular formula is C18H15ClN2O3S2. The quantitative estimate of drug-likeness (QED) is 0.679. The third kappa shape index (κ3) is 3.75. The van der Waals surface area contributed by atoms with Crippen molar-refractivity contribution in [3.8, 4) is 0 Å². The summed E-state index contributed by atoms with van der Waals surface area (Å²) >= 11 is 7.09. The number of amides is 1. The van der Waals surface area contributed by atoms with Crippen molar-refractivity contribution in [3.05, 3.63) is 75.9 Å². The molecule has 0 unspecified atom stereocenters. The number of rotatable bonds is 5. The van der Waals surface area contributed by atoms with Crippen molar-refractivity contribution >= 4 is 50.2 Å². The molecular weight excluding hydrogens is 392 g/mol. The minimum absolute atomic E-state index is 0.0677. The van der Waals surface area contributed by atoms with Gasteiger partial charge in [0.1, 0.15) is 0 Å². The summed E-state index contributed by atoms with van der Waals surface area (Å²) < 4.78 is 26.7. The van der Waals surface area contributed by atoms with Crippen molar-refractivity contribution < 1.29 is 13.2 Å². The van der Waals surface area contributed by atoms with Crippen LogP contribution in [-0.4, -0.2) is 21.4 Å². The normalized spacial score (nSPS) is 11.2. The number of nitrogens with one attached hydrogen (secondary N) is 1. The van der Waals surface area contributed by atoms with Gasteiger partial charge in [-0.15, -0.1) is 11.3 Å². The number of benzene rings is 2. The second-order valence-electron chi connectivity index (χ2n) is 5.39. The van der Waals surface area contributed by atoms with Gasteiger partial charge in [-0.3, -0.25) is 9.10 Å². The summed E-state index contributed by atoms with van der Waals surface area (Å²) in [6.45, 7) is 0. The first kappa shape index (κ1) is 18.4. The van der Waals surface area contributed by atoms with Crippen LogP contribution >= 0.6 is 22.9 Å². The van der Waals surface area contributed by atoms with Crippen LogP contribution in [0, 0.1) is 0 Å². The van der Waals surface area contributed by atoms with Crippen LogP contribution in [0.5, 0.6) is 0 Å². The van der Waals surface area contributed by atoms with Gasteiger partial charge in [-0.25, -0.2) is 8.42 Å². The first-order chi connectivity index (χ1) is 12.4. The number of sulfonamides is 1. The fourth-order valence-electron chi connectivity index (χ4n) is 2.25. The summed E-state index contributed by atoms with van der Waals surface area (Å²) in [5.74, 6) is -0.410. The SMILES string of the molecule is CN(c1ccccc1)S(=O)(=O)c1csc(C(=O)Nc2ccccc2Cl)c1. The average molecular weight is 407 g/mol. The number of hydrogen-bond acceptors (Lipinski definition) is 4. The Morgan fingerprint density at radius 2 is 1.73 bits per heavy atom. The van der Waals surface area contributed by atoms with Gasteiger partial charge in [0.05, 0.1) is 26.2 Å². The highest BCUT2D eigenvalue weighted by Gasteiger charge is 2.24. The Morgan fingerprint density at radius 1 is 1.08 bits per heavy atom. The molecule has 0 atom stereocenters. The molecule has 0 saturated carbocycles. The molecule has 8 heteroatoms. The lowest BCUT2D eigenvalue weighted by Gasteiger charge is -2.18. The topological polar surface area (TPSA) is 66.5 Å². The lowest BCUT2D eigenvalue weighted by Crippen LogP contribution is -2.26. The van der Waals surface area contributed by atoms with Gasteiger partial charge < -0.3 is 5.32 Å². The van der Waals surface area contributed by atoms with Crippen LogP contribution in [0.4, 0.5) is 11.4 Å². The standard InChI is InChI=1S/C18H15ClN2O3S2/c1-21(13-7-3-2-4-8-13)26(23,24)14-11-17(25-12-14)18(22)20-16-10-6-5-9-15(16)19/h2-12H,1H3,(H,20,22). The zero-order chi connectivity index (χ0) is 18.7. The summed E-state index contributed by atoms with van der Waals surface area (Å²) in [7, 11) is -2.27. The second-order valence-corrected chi connectivity index (χ2v) is 8.68. The maximum Gasteiger partial charge on any atom is 0.265 e. The third-order valence-corrected chi connectivity index (χ3v) is 6.87. The lowest BCUT2D eigenvalue weighted by molar-refractivity contribution is 0.103. The number of para-hydroxylation sites is 2. The molecule has 0 radical (unpaired) electrons. The van der Waals surface area contributed by atoms with E-state index in [2.05, 4.69) is 5.32 Å². The maximum atomic E-state index is 12.8. The average Bonchev–Trinajstić information content (AvgIpc) is 3.15. The van der Waals surface area contributed by atoms with Gasteiger partial charge >= 0.3 is 0 Å². The van der Waals surface area contributed by atoms with E-state index in [0.717, 1.165) is 11.3 Å². The zero-order valence-electron chi connectivity index (χ0n) is 13.7. The Labute approximate surface area is 160 Å². The van der Waals surface area contributed by atoms with Gasteiger partial charge in [-0.1, -0.05) is 41.9 Å². The van der Waals surface area contributed by atoms with Crippen molar-refractivity contribution in [2.75, 3.05) is 16.7 Å². The number of carbonyl (C=O) groups excluding carboxylic acids is 1. The Morgan fingerprint density at radius 3 is 2.42 bits per heavy atom. The Bertz CT molecular complexity index is 1030. The van der Waals surface area contributed by atoms with Gasteiger partial charge in [0, 0.05) is 12.4 Å². The van der Waals surface area contributed by atoms with Crippen molar-refractivity contribution in [1.29, 1.82) is 0 Å². The molecule has 134 valence electrons. The first-order valence-electron chi connectivity index (χ1n) is 7.58. The van der Waals surface area contributed by atoms with Crippen molar-refractivity contribution in [3.63, 3.8) is 0 Å². The van der Waals surface area contributed by atoms with Gasteiger partial charge in [-0.05, 0) is 30.3 Å². The smallest absolute Gasteiger partial charge is 0.265 e. The molecule has 3 aromatic rings. The molecule has 1 aromatic heterocycles. The number of thiophene rings is 1. The number of hydrogen-bond donors (Lipinski definition) is 1. The Hall–Kier alpha value is -2.35. The van der Waals surface area contributed by atoms with Gasteiger partial charge in [0.2, 0.25) is 0 Å². The summed E-state index contributed by atoms with van der Waals surface area (Å²) in [5.41, 5.74) is 1.01. The van der Waals surface area contributed by atoms with Gasteiger partial charge in [0.15, 0.2) is 0 Å². The Balaban J connectivity index is 1.83. The lowest BCUT2D eigenvalue weighted by atomic mass is 10.3. The van der Waals surface area contributed by atoms with Crippen LogP contribution in [-0.2, 0) is 10.0 Å². The zero-order valence-corrected chi connectivity index (χ0v) is 16.1. The van der Waals surface area contributed by atoms with E-state index in [4.69, 9.17) is 11.6 Å². The second kappa shape index (κ2) is 7.49. The molecule has 1 N–H and O–H groups in total. The number of anilines is 2. The largest absolute Gasteiger partial charge is 0.320 e.